The molecular weight excluding hydrogens is 248 g/mol. The zero-order valence-electron chi connectivity index (χ0n) is 10.9. The average molecular weight is 262 g/mol. The van der Waals surface area contributed by atoms with E-state index in [0.29, 0.717) is 0 Å². The lowest BCUT2D eigenvalue weighted by atomic mass is 10.1. The quantitative estimate of drug-likeness (QED) is 0.788. The van der Waals surface area contributed by atoms with Gasteiger partial charge in [0.2, 0.25) is 0 Å². The maximum Gasteiger partial charge on any atom is 0.0994 e. The van der Waals surface area contributed by atoms with E-state index in [-0.39, 0.29) is 6.04 Å². The number of hydrogen-bond acceptors (Lipinski definition) is 3. The molecule has 0 aliphatic carbocycles. The van der Waals surface area contributed by atoms with Gasteiger partial charge in [-0.2, -0.15) is 0 Å². The van der Waals surface area contributed by atoms with Crippen molar-refractivity contribution in [3.05, 3.63) is 78.1 Å². The first kappa shape index (κ1) is 11.4. The van der Waals surface area contributed by atoms with Gasteiger partial charge in [0, 0.05) is 18.9 Å². The number of hydrogen-bond donors (Lipinski definition) is 1. The zero-order chi connectivity index (χ0) is 13.4. The summed E-state index contributed by atoms with van der Waals surface area (Å²) in [7, 11) is 0. The predicted octanol–water partition coefficient (Wildman–Crippen LogP) is 2.46. The second-order valence-electron chi connectivity index (χ2n) is 4.92. The fraction of sp³-hybridized carbons (Fsp3) is 0.125. The molecule has 1 aliphatic rings. The molecule has 3 aromatic rings. The van der Waals surface area contributed by atoms with Gasteiger partial charge in [-0.05, 0) is 23.3 Å². The van der Waals surface area contributed by atoms with Crippen LogP contribution in [0, 0.1) is 0 Å². The minimum Gasteiger partial charge on any atom is -0.301 e. The topological polar surface area (TPSA) is 42.7 Å². The van der Waals surface area contributed by atoms with Crippen molar-refractivity contribution < 1.29 is 0 Å². The largest absolute Gasteiger partial charge is 0.301 e. The summed E-state index contributed by atoms with van der Waals surface area (Å²) in [5.74, 6) is 0. The molecule has 1 N–H and O–H groups in total. The zero-order valence-corrected chi connectivity index (χ0v) is 10.9. The second kappa shape index (κ2) is 4.58. The van der Waals surface area contributed by atoms with Gasteiger partial charge < -0.3 is 9.88 Å². The molecule has 0 bridgehead atoms. The Labute approximate surface area is 117 Å². The lowest BCUT2D eigenvalue weighted by Crippen LogP contribution is -2.20. The normalized spacial score (nSPS) is 15.9. The molecule has 0 fully saturated rings. The van der Waals surface area contributed by atoms with Crippen molar-refractivity contribution in [2.45, 2.75) is 12.6 Å². The molecule has 0 amide bonds. The van der Waals surface area contributed by atoms with Gasteiger partial charge in [-0.3, -0.25) is 4.98 Å². The van der Waals surface area contributed by atoms with Crippen LogP contribution in [0.5, 0.6) is 0 Å². The third-order valence-corrected chi connectivity index (χ3v) is 3.70. The smallest absolute Gasteiger partial charge is 0.0994 e. The number of benzene rings is 1. The van der Waals surface area contributed by atoms with Gasteiger partial charge in [-0.25, -0.2) is 4.98 Å². The number of rotatable bonds is 3. The molecule has 98 valence electrons. The summed E-state index contributed by atoms with van der Waals surface area (Å²) in [5.41, 5.74) is 4.88. The van der Waals surface area contributed by atoms with Gasteiger partial charge >= 0.3 is 0 Å². The Hall–Kier alpha value is -2.46. The Kier molecular flexibility index (Phi) is 2.60. The van der Waals surface area contributed by atoms with Crippen LogP contribution >= 0.6 is 0 Å². The minimum absolute atomic E-state index is 0.189. The molecular formula is C16H14N4. The van der Waals surface area contributed by atoms with Crippen LogP contribution in [-0.2, 0) is 6.54 Å². The molecule has 1 aliphatic heterocycles. The van der Waals surface area contributed by atoms with Gasteiger partial charge in [-0.1, -0.05) is 24.3 Å². The van der Waals surface area contributed by atoms with Gasteiger partial charge in [0.25, 0.3) is 0 Å². The second-order valence-corrected chi connectivity index (χ2v) is 4.92. The average Bonchev–Trinajstić information content (AvgIpc) is 3.07. The molecule has 0 saturated carbocycles. The van der Waals surface area contributed by atoms with Gasteiger partial charge in [0.05, 0.1) is 29.9 Å². The van der Waals surface area contributed by atoms with E-state index in [1.165, 1.54) is 22.5 Å². The standard InChI is InChI=1S/C16H14N4/c1-2-6-14-13(5-1)16(15-10-18-11-20(14)15)19-9-12-4-3-7-17-8-12/h1-8,10-11,16,19H,9H2. The van der Waals surface area contributed by atoms with Crippen LogP contribution in [-0.4, -0.2) is 14.5 Å². The van der Waals surface area contributed by atoms with Crippen molar-refractivity contribution in [3.8, 4) is 5.69 Å². The SMILES string of the molecule is c1cncc(CNC2c3ccccc3-n3cncc32)c1. The van der Waals surface area contributed by atoms with E-state index in [4.69, 9.17) is 0 Å². The van der Waals surface area contributed by atoms with Gasteiger partial charge in [0.1, 0.15) is 0 Å². The summed E-state index contributed by atoms with van der Waals surface area (Å²) in [6.45, 7) is 0.790. The summed E-state index contributed by atoms with van der Waals surface area (Å²) < 4.78 is 2.15. The van der Waals surface area contributed by atoms with Crippen molar-refractivity contribution in [3.63, 3.8) is 0 Å². The highest BCUT2D eigenvalue weighted by Crippen LogP contribution is 2.35. The Balaban J connectivity index is 1.66. The van der Waals surface area contributed by atoms with Gasteiger partial charge in [-0.15, -0.1) is 0 Å². The fourth-order valence-corrected chi connectivity index (χ4v) is 2.77. The van der Waals surface area contributed by atoms with E-state index in [0.717, 1.165) is 6.54 Å². The monoisotopic (exact) mass is 262 g/mol. The fourth-order valence-electron chi connectivity index (χ4n) is 2.77. The summed E-state index contributed by atoms with van der Waals surface area (Å²) in [6.07, 6.45) is 7.50. The van der Waals surface area contributed by atoms with E-state index in [9.17, 15) is 0 Å². The highest BCUT2D eigenvalue weighted by Gasteiger charge is 2.28. The van der Waals surface area contributed by atoms with Crippen LogP contribution in [0.3, 0.4) is 0 Å². The number of fused-ring (bicyclic) bond motifs is 3. The molecule has 0 spiro atoms. The first-order chi connectivity index (χ1) is 9.93. The summed E-state index contributed by atoms with van der Waals surface area (Å²) in [5, 5.41) is 3.60. The molecule has 4 heteroatoms. The summed E-state index contributed by atoms with van der Waals surface area (Å²) >= 11 is 0. The minimum atomic E-state index is 0.189. The van der Waals surface area contributed by atoms with Crippen molar-refractivity contribution in [1.82, 2.24) is 19.9 Å². The third-order valence-electron chi connectivity index (χ3n) is 3.70. The van der Waals surface area contributed by atoms with Crippen molar-refractivity contribution in [1.29, 1.82) is 0 Å². The molecule has 2 aromatic heterocycles. The molecule has 1 atom stereocenters. The molecule has 3 heterocycles. The molecule has 4 rings (SSSR count). The number of para-hydroxylation sites is 1. The molecule has 1 aromatic carbocycles. The van der Waals surface area contributed by atoms with Crippen molar-refractivity contribution in [2.24, 2.45) is 0 Å². The predicted molar refractivity (Wildman–Crippen MR) is 76.5 cm³/mol. The van der Waals surface area contributed by atoms with Crippen LogP contribution < -0.4 is 5.32 Å². The Bertz CT molecular complexity index is 733. The number of pyridine rings is 1. The van der Waals surface area contributed by atoms with Crippen LogP contribution in [0.15, 0.2) is 61.3 Å². The number of aromatic nitrogens is 3. The van der Waals surface area contributed by atoms with Crippen LogP contribution in [0.4, 0.5) is 0 Å². The molecule has 20 heavy (non-hydrogen) atoms. The number of nitrogens with one attached hydrogen (secondary N) is 1. The van der Waals surface area contributed by atoms with E-state index >= 15 is 0 Å². The Morgan fingerprint density at radius 3 is 2.90 bits per heavy atom. The highest BCUT2D eigenvalue weighted by atomic mass is 15.1. The number of imidazole rings is 1. The summed E-state index contributed by atoms with van der Waals surface area (Å²) in [4.78, 5) is 8.41. The van der Waals surface area contributed by atoms with Crippen molar-refractivity contribution in [2.75, 3.05) is 0 Å². The Morgan fingerprint density at radius 2 is 2.00 bits per heavy atom. The molecule has 0 saturated heterocycles. The number of nitrogens with zero attached hydrogens (tertiary/aromatic N) is 3. The van der Waals surface area contributed by atoms with E-state index in [1.807, 2.05) is 24.8 Å². The molecule has 4 nitrogen and oxygen atoms in total. The van der Waals surface area contributed by atoms with Crippen LogP contribution in [0.25, 0.3) is 5.69 Å². The van der Waals surface area contributed by atoms with Crippen LogP contribution in [0.1, 0.15) is 22.9 Å². The van der Waals surface area contributed by atoms with E-state index in [1.54, 1.807) is 6.20 Å². The third kappa shape index (κ3) is 1.73. The van der Waals surface area contributed by atoms with Crippen molar-refractivity contribution >= 4 is 0 Å². The van der Waals surface area contributed by atoms with E-state index in [2.05, 4.69) is 50.2 Å². The maximum atomic E-state index is 4.26. The lowest BCUT2D eigenvalue weighted by molar-refractivity contribution is 0.605. The lowest BCUT2D eigenvalue weighted by Gasteiger charge is -2.13. The molecule has 0 radical (unpaired) electrons. The first-order valence-corrected chi connectivity index (χ1v) is 6.67. The highest BCUT2D eigenvalue weighted by molar-refractivity contribution is 5.52. The van der Waals surface area contributed by atoms with Gasteiger partial charge in [0.15, 0.2) is 0 Å². The van der Waals surface area contributed by atoms with Crippen LogP contribution in [0.2, 0.25) is 0 Å². The maximum absolute atomic E-state index is 4.26. The van der Waals surface area contributed by atoms with E-state index < -0.39 is 0 Å². The Morgan fingerprint density at radius 1 is 1.05 bits per heavy atom. The summed E-state index contributed by atoms with van der Waals surface area (Å²) in [6, 6.07) is 12.7. The molecule has 1 unspecified atom stereocenters. The first-order valence-electron chi connectivity index (χ1n) is 6.67.